The third-order valence-corrected chi connectivity index (χ3v) is 4.51. The summed E-state index contributed by atoms with van der Waals surface area (Å²) in [4.78, 5) is 31.8. The van der Waals surface area contributed by atoms with E-state index in [0.717, 1.165) is 24.9 Å². The standard InChI is InChI=1S/C20H29N3O3/c1-6-8-11-22(7-2)18(24)13-23-17-12-15(26-5)9-10-16(17)21-20(23)19(25)14(3)4/h9-10,12,14H,6-8,11,13H2,1-5H3. The molecule has 1 aromatic heterocycles. The third-order valence-electron chi connectivity index (χ3n) is 4.51. The minimum atomic E-state index is -0.190. The minimum Gasteiger partial charge on any atom is -0.497 e. The van der Waals surface area contributed by atoms with Crippen LogP contribution in [0.3, 0.4) is 0 Å². The van der Waals surface area contributed by atoms with Crippen LogP contribution in [0.15, 0.2) is 18.2 Å². The van der Waals surface area contributed by atoms with Gasteiger partial charge >= 0.3 is 0 Å². The maximum Gasteiger partial charge on any atom is 0.242 e. The van der Waals surface area contributed by atoms with Crippen LogP contribution in [-0.4, -0.2) is 46.3 Å². The first kappa shape index (κ1) is 19.9. The van der Waals surface area contributed by atoms with E-state index < -0.39 is 0 Å². The second-order valence-corrected chi connectivity index (χ2v) is 6.72. The SMILES string of the molecule is CCCCN(CC)C(=O)Cn1c(C(=O)C(C)C)nc2ccc(OC)cc21. The fourth-order valence-electron chi connectivity index (χ4n) is 2.88. The van der Waals surface area contributed by atoms with Gasteiger partial charge < -0.3 is 14.2 Å². The van der Waals surface area contributed by atoms with E-state index >= 15 is 0 Å². The van der Waals surface area contributed by atoms with Crippen molar-refractivity contribution < 1.29 is 14.3 Å². The maximum atomic E-state index is 12.8. The van der Waals surface area contributed by atoms with E-state index in [9.17, 15) is 9.59 Å². The number of carbonyl (C=O) groups excluding carboxylic acids is 2. The van der Waals surface area contributed by atoms with Gasteiger partial charge in [0, 0.05) is 25.1 Å². The van der Waals surface area contributed by atoms with Gasteiger partial charge in [-0.25, -0.2) is 4.98 Å². The van der Waals surface area contributed by atoms with Crippen molar-refractivity contribution >= 4 is 22.7 Å². The van der Waals surface area contributed by atoms with Crippen molar-refractivity contribution in [2.24, 2.45) is 5.92 Å². The van der Waals surface area contributed by atoms with E-state index in [-0.39, 0.29) is 24.2 Å². The summed E-state index contributed by atoms with van der Waals surface area (Å²) in [6.07, 6.45) is 2.00. The van der Waals surface area contributed by atoms with Gasteiger partial charge in [-0.1, -0.05) is 27.2 Å². The highest BCUT2D eigenvalue weighted by atomic mass is 16.5. The molecule has 6 heteroatoms. The molecule has 0 aliphatic heterocycles. The molecule has 6 nitrogen and oxygen atoms in total. The Morgan fingerprint density at radius 3 is 2.58 bits per heavy atom. The Hall–Kier alpha value is -2.37. The summed E-state index contributed by atoms with van der Waals surface area (Å²) in [6.45, 7) is 9.25. The number of ketones is 1. The number of imidazole rings is 1. The zero-order valence-electron chi connectivity index (χ0n) is 16.4. The summed E-state index contributed by atoms with van der Waals surface area (Å²) in [6, 6.07) is 5.46. The second kappa shape index (κ2) is 8.83. The topological polar surface area (TPSA) is 64.4 Å². The van der Waals surface area contributed by atoms with Crippen LogP contribution in [0.5, 0.6) is 5.75 Å². The number of carbonyl (C=O) groups is 2. The Morgan fingerprint density at radius 1 is 1.27 bits per heavy atom. The molecule has 1 amide bonds. The number of nitrogens with zero attached hydrogens (tertiary/aromatic N) is 3. The van der Waals surface area contributed by atoms with Crippen molar-refractivity contribution in [1.29, 1.82) is 0 Å². The molecule has 0 aliphatic rings. The summed E-state index contributed by atoms with van der Waals surface area (Å²) in [7, 11) is 1.59. The normalized spacial score (nSPS) is 11.2. The van der Waals surface area contributed by atoms with E-state index in [1.165, 1.54) is 0 Å². The number of hydrogen-bond donors (Lipinski definition) is 0. The Bertz CT molecular complexity index is 780. The Morgan fingerprint density at radius 2 is 2.00 bits per heavy atom. The zero-order valence-corrected chi connectivity index (χ0v) is 16.4. The maximum absolute atomic E-state index is 12.8. The summed E-state index contributed by atoms with van der Waals surface area (Å²) in [5.74, 6) is 0.756. The highest BCUT2D eigenvalue weighted by Gasteiger charge is 2.23. The molecular formula is C20H29N3O3. The molecule has 0 saturated heterocycles. The van der Waals surface area contributed by atoms with Crippen LogP contribution in [-0.2, 0) is 11.3 Å². The van der Waals surface area contributed by atoms with E-state index in [4.69, 9.17) is 4.74 Å². The highest BCUT2D eigenvalue weighted by molar-refractivity contribution is 5.98. The quantitative estimate of drug-likeness (QED) is 0.643. The monoisotopic (exact) mass is 359 g/mol. The molecule has 1 aromatic carbocycles. The Kier molecular flexibility index (Phi) is 6.77. The van der Waals surface area contributed by atoms with E-state index in [1.54, 1.807) is 11.7 Å². The van der Waals surface area contributed by atoms with Gasteiger partial charge in [-0.05, 0) is 25.5 Å². The van der Waals surface area contributed by atoms with Gasteiger partial charge in [-0.15, -0.1) is 0 Å². The van der Waals surface area contributed by atoms with Crippen LogP contribution in [0.1, 0.15) is 51.2 Å². The number of methoxy groups -OCH3 is 1. The number of aromatic nitrogens is 2. The summed E-state index contributed by atoms with van der Waals surface area (Å²) in [5, 5.41) is 0. The van der Waals surface area contributed by atoms with Gasteiger partial charge in [0.1, 0.15) is 12.3 Å². The van der Waals surface area contributed by atoms with Crippen LogP contribution in [0.4, 0.5) is 0 Å². The Balaban J connectivity index is 2.46. The number of fused-ring (bicyclic) bond motifs is 1. The molecule has 0 bridgehead atoms. The lowest BCUT2D eigenvalue weighted by atomic mass is 10.1. The fraction of sp³-hybridized carbons (Fsp3) is 0.550. The summed E-state index contributed by atoms with van der Waals surface area (Å²) in [5.41, 5.74) is 1.44. The average molecular weight is 359 g/mol. The molecule has 0 spiro atoms. The molecule has 26 heavy (non-hydrogen) atoms. The average Bonchev–Trinajstić information content (AvgIpc) is 2.99. The summed E-state index contributed by atoms with van der Waals surface area (Å²) >= 11 is 0. The smallest absolute Gasteiger partial charge is 0.242 e. The predicted octanol–water partition coefficient (Wildman–Crippen LogP) is 3.53. The molecule has 0 atom stereocenters. The number of rotatable bonds is 9. The molecule has 142 valence electrons. The zero-order chi connectivity index (χ0) is 19.3. The van der Waals surface area contributed by atoms with Crippen molar-refractivity contribution in [2.45, 2.75) is 47.1 Å². The molecule has 0 N–H and O–H groups in total. The van der Waals surface area contributed by atoms with Crippen molar-refractivity contribution in [3.8, 4) is 5.75 Å². The van der Waals surface area contributed by atoms with Crippen LogP contribution >= 0.6 is 0 Å². The molecule has 0 fully saturated rings. The molecule has 0 saturated carbocycles. The van der Waals surface area contributed by atoms with Gasteiger partial charge in [0.05, 0.1) is 18.1 Å². The number of benzene rings is 1. The number of ether oxygens (including phenoxy) is 1. The van der Waals surface area contributed by atoms with Crippen molar-refractivity contribution in [3.63, 3.8) is 0 Å². The van der Waals surface area contributed by atoms with Gasteiger partial charge in [0.25, 0.3) is 0 Å². The van der Waals surface area contributed by atoms with Crippen LogP contribution in [0, 0.1) is 5.92 Å². The molecular weight excluding hydrogens is 330 g/mol. The number of unbranched alkanes of at least 4 members (excludes halogenated alkanes) is 1. The predicted molar refractivity (Wildman–Crippen MR) is 103 cm³/mol. The van der Waals surface area contributed by atoms with Crippen LogP contribution in [0.2, 0.25) is 0 Å². The summed E-state index contributed by atoms with van der Waals surface area (Å²) < 4.78 is 7.03. The van der Waals surface area contributed by atoms with Crippen molar-refractivity contribution in [1.82, 2.24) is 14.5 Å². The Labute approximate surface area is 155 Å². The lowest BCUT2D eigenvalue weighted by Gasteiger charge is -2.21. The molecule has 0 aliphatic carbocycles. The largest absolute Gasteiger partial charge is 0.497 e. The van der Waals surface area contributed by atoms with Crippen LogP contribution in [0.25, 0.3) is 11.0 Å². The number of Topliss-reactive ketones (excluding diaryl/α,β-unsaturated/α-hetero) is 1. The van der Waals surface area contributed by atoms with Crippen molar-refractivity contribution in [3.05, 3.63) is 24.0 Å². The number of hydrogen-bond acceptors (Lipinski definition) is 4. The first-order valence-electron chi connectivity index (χ1n) is 9.29. The first-order chi connectivity index (χ1) is 12.4. The molecule has 2 aromatic rings. The molecule has 0 unspecified atom stereocenters. The lowest BCUT2D eigenvalue weighted by Crippen LogP contribution is -2.35. The van der Waals surface area contributed by atoms with E-state index in [2.05, 4.69) is 11.9 Å². The van der Waals surface area contributed by atoms with E-state index in [0.29, 0.717) is 23.6 Å². The highest BCUT2D eigenvalue weighted by Crippen LogP contribution is 2.23. The minimum absolute atomic E-state index is 0.000811. The van der Waals surface area contributed by atoms with Gasteiger partial charge in [-0.2, -0.15) is 0 Å². The van der Waals surface area contributed by atoms with Gasteiger partial charge in [0.2, 0.25) is 11.7 Å². The fourth-order valence-corrected chi connectivity index (χ4v) is 2.88. The lowest BCUT2D eigenvalue weighted by molar-refractivity contribution is -0.131. The molecule has 2 rings (SSSR count). The van der Waals surface area contributed by atoms with E-state index in [1.807, 2.05) is 43.9 Å². The third kappa shape index (κ3) is 4.23. The van der Waals surface area contributed by atoms with Gasteiger partial charge in [0.15, 0.2) is 5.82 Å². The first-order valence-corrected chi connectivity index (χ1v) is 9.29. The van der Waals surface area contributed by atoms with Gasteiger partial charge in [-0.3, -0.25) is 9.59 Å². The number of amides is 1. The molecule has 1 heterocycles. The second-order valence-electron chi connectivity index (χ2n) is 6.72. The van der Waals surface area contributed by atoms with Crippen LogP contribution < -0.4 is 4.74 Å². The molecule has 0 radical (unpaired) electrons. The van der Waals surface area contributed by atoms with Crippen molar-refractivity contribution in [2.75, 3.05) is 20.2 Å². The number of likely N-dealkylation sites (N-methyl/N-ethyl adjacent to an activating group) is 1.